The Bertz CT molecular complexity index is 964. The lowest BCUT2D eigenvalue weighted by Crippen LogP contribution is -2.42. The average molecular weight is 341 g/mol. The van der Waals surface area contributed by atoms with Gasteiger partial charge in [0, 0.05) is 12.3 Å². The van der Waals surface area contributed by atoms with Gasteiger partial charge in [-0.2, -0.15) is 9.78 Å². The third-order valence-electron chi connectivity index (χ3n) is 3.24. The van der Waals surface area contributed by atoms with Crippen LogP contribution >= 0.6 is 0 Å². The van der Waals surface area contributed by atoms with Crippen LogP contribution in [0.3, 0.4) is 0 Å². The summed E-state index contributed by atoms with van der Waals surface area (Å²) in [5, 5.41) is 3.92. The Morgan fingerprint density at radius 2 is 1.72 bits per heavy atom. The van der Waals surface area contributed by atoms with E-state index in [0.717, 1.165) is 10.7 Å². The number of hydrogen-bond donors (Lipinski definition) is 3. The van der Waals surface area contributed by atoms with Crippen LogP contribution in [0.2, 0.25) is 0 Å². The van der Waals surface area contributed by atoms with Crippen molar-refractivity contribution in [2.24, 2.45) is 0 Å². The smallest absolute Gasteiger partial charge is 0.290 e. The summed E-state index contributed by atoms with van der Waals surface area (Å²) >= 11 is 0. The highest BCUT2D eigenvalue weighted by Crippen LogP contribution is 2.05. The first kappa shape index (κ1) is 16.1. The molecule has 0 aliphatic heterocycles. The number of H-pyrrole nitrogens is 1. The molecule has 126 valence electrons. The minimum Gasteiger partial charge on any atom is -0.357 e. The van der Waals surface area contributed by atoms with Gasteiger partial charge < -0.3 is 4.98 Å². The number of rotatable bonds is 3. The Labute approximate surface area is 140 Å². The molecule has 0 fully saturated rings. The number of nitrogens with one attached hydrogen (secondary N) is 3. The van der Waals surface area contributed by atoms with Crippen LogP contribution in [0.4, 0.5) is 4.39 Å². The van der Waals surface area contributed by atoms with Crippen molar-refractivity contribution in [1.82, 2.24) is 25.6 Å². The molecule has 0 radical (unpaired) electrons. The molecule has 1 aromatic carbocycles. The van der Waals surface area contributed by atoms with Crippen LogP contribution in [0, 0.1) is 5.82 Å². The number of aromatic nitrogens is 3. The quantitative estimate of drug-likeness (QED) is 0.612. The van der Waals surface area contributed by atoms with Crippen LogP contribution in [0.15, 0.2) is 59.5 Å². The van der Waals surface area contributed by atoms with E-state index in [1.807, 2.05) is 0 Å². The molecule has 2 heterocycles. The molecule has 2 amide bonds. The summed E-state index contributed by atoms with van der Waals surface area (Å²) in [7, 11) is 0. The van der Waals surface area contributed by atoms with Crippen molar-refractivity contribution in [1.29, 1.82) is 0 Å². The summed E-state index contributed by atoms with van der Waals surface area (Å²) in [4.78, 5) is 38.4. The van der Waals surface area contributed by atoms with E-state index in [1.165, 1.54) is 36.4 Å². The van der Waals surface area contributed by atoms with Gasteiger partial charge in [-0.1, -0.05) is 0 Å². The van der Waals surface area contributed by atoms with E-state index in [4.69, 9.17) is 0 Å². The number of carbonyl (C=O) groups is 2. The molecule has 2 aromatic heterocycles. The zero-order valence-corrected chi connectivity index (χ0v) is 12.7. The fourth-order valence-electron chi connectivity index (χ4n) is 2.02. The fourth-order valence-corrected chi connectivity index (χ4v) is 2.02. The van der Waals surface area contributed by atoms with Gasteiger partial charge >= 0.3 is 0 Å². The zero-order chi connectivity index (χ0) is 17.8. The minimum absolute atomic E-state index is 0.101. The van der Waals surface area contributed by atoms with Gasteiger partial charge in [0.2, 0.25) is 0 Å². The zero-order valence-electron chi connectivity index (χ0n) is 12.7. The maximum atomic E-state index is 13.0. The summed E-state index contributed by atoms with van der Waals surface area (Å²) in [6.07, 6.45) is 1.57. The molecule has 3 rings (SSSR count). The number of carbonyl (C=O) groups excluding carboxylic acids is 2. The van der Waals surface area contributed by atoms with E-state index < -0.39 is 23.2 Å². The van der Waals surface area contributed by atoms with E-state index >= 15 is 0 Å². The number of hydrazine groups is 1. The molecule has 3 N–H and O–H groups in total. The molecular weight excluding hydrogens is 329 g/mol. The third-order valence-corrected chi connectivity index (χ3v) is 3.24. The second-order valence-corrected chi connectivity index (χ2v) is 4.94. The van der Waals surface area contributed by atoms with Crippen molar-refractivity contribution in [3.63, 3.8) is 0 Å². The monoisotopic (exact) mass is 341 g/mol. The SMILES string of the molecule is O=C(NNC(=O)c1ccc[nH]1)c1ccc(=O)n(-c2ccc(F)cc2)n1. The lowest BCUT2D eigenvalue weighted by molar-refractivity contribution is 0.0840. The molecule has 0 spiro atoms. The van der Waals surface area contributed by atoms with Gasteiger partial charge in [0.1, 0.15) is 11.5 Å². The van der Waals surface area contributed by atoms with Gasteiger partial charge in [-0.05, 0) is 42.5 Å². The minimum atomic E-state index is -0.712. The number of nitrogens with zero attached hydrogens (tertiary/aromatic N) is 2. The maximum Gasteiger partial charge on any atom is 0.290 e. The summed E-state index contributed by atoms with van der Waals surface area (Å²) in [5.41, 5.74) is 4.40. The van der Waals surface area contributed by atoms with Crippen LogP contribution in [0.5, 0.6) is 0 Å². The first-order chi connectivity index (χ1) is 12.0. The number of halogens is 1. The van der Waals surface area contributed by atoms with Crippen LogP contribution < -0.4 is 16.4 Å². The van der Waals surface area contributed by atoms with Crippen molar-refractivity contribution in [3.05, 3.63) is 82.3 Å². The lowest BCUT2D eigenvalue weighted by Gasteiger charge is -2.08. The molecule has 8 nitrogen and oxygen atoms in total. The van der Waals surface area contributed by atoms with Gasteiger partial charge in [-0.15, -0.1) is 0 Å². The van der Waals surface area contributed by atoms with Crippen LogP contribution in [-0.2, 0) is 0 Å². The molecule has 3 aromatic rings. The third kappa shape index (κ3) is 3.61. The number of hydrogen-bond acceptors (Lipinski definition) is 4. The van der Waals surface area contributed by atoms with Crippen molar-refractivity contribution < 1.29 is 14.0 Å². The Morgan fingerprint density at radius 1 is 1.00 bits per heavy atom. The normalized spacial score (nSPS) is 10.3. The van der Waals surface area contributed by atoms with E-state index in [0.29, 0.717) is 5.69 Å². The Balaban J connectivity index is 1.77. The first-order valence-electron chi connectivity index (χ1n) is 7.15. The van der Waals surface area contributed by atoms with Crippen molar-refractivity contribution in [3.8, 4) is 5.69 Å². The fraction of sp³-hybridized carbons (Fsp3) is 0. The van der Waals surface area contributed by atoms with Gasteiger partial charge in [0.15, 0.2) is 5.69 Å². The van der Waals surface area contributed by atoms with Crippen molar-refractivity contribution in [2.45, 2.75) is 0 Å². The van der Waals surface area contributed by atoms with E-state index in [2.05, 4.69) is 20.9 Å². The second-order valence-electron chi connectivity index (χ2n) is 4.94. The Morgan fingerprint density at radius 3 is 2.40 bits per heavy atom. The lowest BCUT2D eigenvalue weighted by atomic mass is 10.3. The van der Waals surface area contributed by atoms with E-state index in [9.17, 15) is 18.8 Å². The molecule has 0 saturated heterocycles. The standard InChI is InChI=1S/C16H12FN5O3/c17-10-3-5-11(6-4-10)22-14(23)8-7-13(21-22)16(25)20-19-15(24)12-2-1-9-18-12/h1-9,18H,(H,19,24)(H,20,25). The van der Waals surface area contributed by atoms with E-state index in [1.54, 1.807) is 12.3 Å². The maximum absolute atomic E-state index is 13.0. The van der Waals surface area contributed by atoms with Gasteiger partial charge in [0.05, 0.1) is 5.69 Å². The predicted molar refractivity (Wildman–Crippen MR) is 85.5 cm³/mol. The first-order valence-corrected chi connectivity index (χ1v) is 7.15. The molecule has 25 heavy (non-hydrogen) atoms. The number of benzene rings is 1. The van der Waals surface area contributed by atoms with Gasteiger partial charge in [0.25, 0.3) is 17.4 Å². The molecular formula is C16H12FN5O3. The molecule has 0 unspecified atom stereocenters. The van der Waals surface area contributed by atoms with Gasteiger partial charge in [-0.3, -0.25) is 25.2 Å². The summed E-state index contributed by atoms with van der Waals surface area (Å²) in [6.45, 7) is 0. The average Bonchev–Trinajstić information content (AvgIpc) is 3.15. The summed E-state index contributed by atoms with van der Waals surface area (Å²) in [5.74, 6) is -1.71. The van der Waals surface area contributed by atoms with Crippen LogP contribution in [0.1, 0.15) is 21.0 Å². The largest absolute Gasteiger partial charge is 0.357 e. The predicted octanol–water partition coefficient (Wildman–Crippen LogP) is 0.774. The van der Waals surface area contributed by atoms with Gasteiger partial charge in [-0.25, -0.2) is 4.39 Å². The topological polar surface area (TPSA) is 109 Å². The van der Waals surface area contributed by atoms with E-state index in [-0.39, 0.29) is 11.4 Å². The second kappa shape index (κ2) is 6.79. The van der Waals surface area contributed by atoms with Crippen LogP contribution in [-0.4, -0.2) is 26.6 Å². The highest BCUT2D eigenvalue weighted by atomic mass is 19.1. The molecule has 0 bridgehead atoms. The number of amides is 2. The van der Waals surface area contributed by atoms with Crippen molar-refractivity contribution in [2.75, 3.05) is 0 Å². The summed E-state index contributed by atoms with van der Waals surface area (Å²) < 4.78 is 13.9. The highest BCUT2D eigenvalue weighted by Gasteiger charge is 2.13. The molecule has 9 heteroatoms. The molecule has 0 aliphatic rings. The Kier molecular flexibility index (Phi) is 4.38. The molecule has 0 atom stereocenters. The Hall–Kier alpha value is -3.75. The molecule has 0 aliphatic carbocycles. The van der Waals surface area contributed by atoms with Crippen LogP contribution in [0.25, 0.3) is 5.69 Å². The van der Waals surface area contributed by atoms with Crippen molar-refractivity contribution >= 4 is 11.8 Å². The number of aromatic amines is 1. The molecule has 0 saturated carbocycles. The highest BCUT2D eigenvalue weighted by molar-refractivity contribution is 5.97. The summed E-state index contributed by atoms with van der Waals surface area (Å²) in [6, 6.07) is 10.6.